The average Bonchev–Trinajstić information content (AvgIpc) is 2.42. The zero-order chi connectivity index (χ0) is 14.3. The zero-order valence-corrected chi connectivity index (χ0v) is 14.0. The molecule has 1 saturated carbocycles. The summed E-state index contributed by atoms with van der Waals surface area (Å²) in [5.41, 5.74) is 0. The van der Waals surface area contributed by atoms with E-state index in [1.165, 1.54) is 51.5 Å². The largest absolute Gasteiger partial charge is 0.314 e. The SMILES string of the molecule is CCCNC1CCC(C(C)C)CC1CC(CC)CC. The molecule has 0 aliphatic heterocycles. The Morgan fingerprint density at radius 1 is 1.05 bits per heavy atom. The first kappa shape index (κ1) is 17.0. The Hall–Kier alpha value is -0.0400. The number of hydrogen-bond donors (Lipinski definition) is 1. The minimum Gasteiger partial charge on any atom is -0.314 e. The van der Waals surface area contributed by atoms with Crippen molar-refractivity contribution in [3.05, 3.63) is 0 Å². The van der Waals surface area contributed by atoms with Gasteiger partial charge in [-0.2, -0.15) is 0 Å². The first-order chi connectivity index (χ1) is 9.12. The smallest absolute Gasteiger partial charge is 0.00956 e. The fourth-order valence-corrected chi connectivity index (χ4v) is 3.81. The molecule has 0 bridgehead atoms. The summed E-state index contributed by atoms with van der Waals surface area (Å²) in [5.74, 6) is 3.72. The van der Waals surface area contributed by atoms with Crippen molar-refractivity contribution in [2.75, 3.05) is 6.54 Å². The number of rotatable bonds is 8. The summed E-state index contributed by atoms with van der Waals surface area (Å²) in [7, 11) is 0. The summed E-state index contributed by atoms with van der Waals surface area (Å²) in [6, 6.07) is 0.801. The predicted octanol–water partition coefficient (Wildman–Crippen LogP) is 5.25. The molecule has 0 saturated heterocycles. The molecular weight excluding hydrogens is 230 g/mol. The van der Waals surface area contributed by atoms with Crippen LogP contribution in [0.5, 0.6) is 0 Å². The molecular formula is C18H37N. The molecule has 1 N–H and O–H groups in total. The summed E-state index contributed by atoms with van der Waals surface area (Å²) in [6.45, 7) is 13.0. The zero-order valence-electron chi connectivity index (χ0n) is 14.0. The molecule has 1 fully saturated rings. The maximum Gasteiger partial charge on any atom is 0.00956 e. The fraction of sp³-hybridized carbons (Fsp3) is 1.00. The molecule has 0 amide bonds. The van der Waals surface area contributed by atoms with Gasteiger partial charge in [-0.15, -0.1) is 0 Å². The highest BCUT2D eigenvalue weighted by Gasteiger charge is 2.32. The quantitative estimate of drug-likeness (QED) is 0.633. The summed E-state index contributed by atoms with van der Waals surface area (Å²) in [4.78, 5) is 0. The van der Waals surface area contributed by atoms with E-state index in [1.807, 2.05) is 0 Å². The van der Waals surface area contributed by atoms with E-state index in [-0.39, 0.29) is 0 Å². The van der Waals surface area contributed by atoms with E-state index in [2.05, 4.69) is 39.9 Å². The number of nitrogens with one attached hydrogen (secondary N) is 1. The van der Waals surface area contributed by atoms with Crippen LogP contribution in [0.15, 0.2) is 0 Å². The molecule has 0 aromatic heterocycles. The van der Waals surface area contributed by atoms with Gasteiger partial charge in [0.15, 0.2) is 0 Å². The predicted molar refractivity (Wildman–Crippen MR) is 86.4 cm³/mol. The Bertz CT molecular complexity index is 218. The molecule has 0 spiro atoms. The van der Waals surface area contributed by atoms with Crippen molar-refractivity contribution in [3.8, 4) is 0 Å². The van der Waals surface area contributed by atoms with Crippen molar-refractivity contribution in [2.24, 2.45) is 23.7 Å². The van der Waals surface area contributed by atoms with Gasteiger partial charge in [0.25, 0.3) is 0 Å². The fourth-order valence-electron chi connectivity index (χ4n) is 3.81. The highest BCUT2D eigenvalue weighted by Crippen LogP contribution is 2.38. The topological polar surface area (TPSA) is 12.0 Å². The molecule has 19 heavy (non-hydrogen) atoms. The second-order valence-corrected chi connectivity index (χ2v) is 7.06. The highest BCUT2D eigenvalue weighted by molar-refractivity contribution is 4.86. The first-order valence-electron chi connectivity index (χ1n) is 8.85. The number of hydrogen-bond acceptors (Lipinski definition) is 1. The lowest BCUT2D eigenvalue weighted by atomic mass is 9.70. The second kappa shape index (κ2) is 9.00. The van der Waals surface area contributed by atoms with Crippen molar-refractivity contribution in [2.45, 2.75) is 85.6 Å². The normalized spacial score (nSPS) is 28.3. The molecule has 1 heteroatoms. The average molecular weight is 268 g/mol. The maximum atomic E-state index is 3.83. The van der Waals surface area contributed by atoms with Gasteiger partial charge < -0.3 is 5.32 Å². The van der Waals surface area contributed by atoms with Crippen LogP contribution in [-0.2, 0) is 0 Å². The van der Waals surface area contributed by atoms with Crippen molar-refractivity contribution in [1.82, 2.24) is 5.32 Å². The molecule has 1 aliphatic carbocycles. The van der Waals surface area contributed by atoms with Crippen molar-refractivity contribution >= 4 is 0 Å². The van der Waals surface area contributed by atoms with E-state index in [0.29, 0.717) is 0 Å². The molecule has 114 valence electrons. The van der Waals surface area contributed by atoms with E-state index in [4.69, 9.17) is 0 Å². The van der Waals surface area contributed by atoms with E-state index in [0.717, 1.165) is 29.7 Å². The lowest BCUT2D eigenvalue weighted by Gasteiger charge is -2.40. The van der Waals surface area contributed by atoms with Gasteiger partial charge in [-0.1, -0.05) is 47.5 Å². The molecule has 1 aliphatic rings. The molecule has 0 radical (unpaired) electrons. The van der Waals surface area contributed by atoms with Gasteiger partial charge in [0.1, 0.15) is 0 Å². The molecule has 1 nitrogen and oxygen atoms in total. The minimum absolute atomic E-state index is 0.801. The molecule has 1 rings (SSSR count). The third-order valence-electron chi connectivity index (χ3n) is 5.41. The van der Waals surface area contributed by atoms with Crippen LogP contribution < -0.4 is 5.32 Å². The van der Waals surface area contributed by atoms with Gasteiger partial charge in [-0.25, -0.2) is 0 Å². The van der Waals surface area contributed by atoms with Crippen molar-refractivity contribution in [3.63, 3.8) is 0 Å². The Balaban J connectivity index is 2.59. The maximum absolute atomic E-state index is 3.83. The molecule has 3 unspecified atom stereocenters. The second-order valence-electron chi connectivity index (χ2n) is 7.06. The Morgan fingerprint density at radius 2 is 1.74 bits per heavy atom. The van der Waals surface area contributed by atoms with Crippen LogP contribution in [-0.4, -0.2) is 12.6 Å². The first-order valence-corrected chi connectivity index (χ1v) is 8.85. The summed E-state index contributed by atoms with van der Waals surface area (Å²) >= 11 is 0. The standard InChI is InChI=1S/C18H37N/c1-6-11-19-18-10-9-16(14(4)5)13-17(18)12-15(7-2)8-3/h14-19H,6-13H2,1-5H3. The lowest BCUT2D eigenvalue weighted by molar-refractivity contribution is 0.143. The van der Waals surface area contributed by atoms with E-state index in [9.17, 15) is 0 Å². The van der Waals surface area contributed by atoms with Crippen LogP contribution in [0.2, 0.25) is 0 Å². The molecule has 0 aromatic carbocycles. The van der Waals surface area contributed by atoms with Crippen LogP contribution in [0.25, 0.3) is 0 Å². The third-order valence-corrected chi connectivity index (χ3v) is 5.41. The Morgan fingerprint density at radius 3 is 2.26 bits per heavy atom. The van der Waals surface area contributed by atoms with Crippen LogP contribution in [0.1, 0.15) is 79.6 Å². The van der Waals surface area contributed by atoms with Crippen molar-refractivity contribution < 1.29 is 0 Å². The van der Waals surface area contributed by atoms with Gasteiger partial charge in [0.05, 0.1) is 0 Å². The van der Waals surface area contributed by atoms with Crippen LogP contribution in [0.4, 0.5) is 0 Å². The highest BCUT2D eigenvalue weighted by atomic mass is 14.9. The summed E-state index contributed by atoms with van der Waals surface area (Å²) < 4.78 is 0. The van der Waals surface area contributed by atoms with E-state index in [1.54, 1.807) is 0 Å². The Kier molecular flexibility index (Phi) is 8.06. The van der Waals surface area contributed by atoms with Gasteiger partial charge in [0.2, 0.25) is 0 Å². The molecule has 0 heterocycles. The van der Waals surface area contributed by atoms with Crippen molar-refractivity contribution in [1.29, 1.82) is 0 Å². The monoisotopic (exact) mass is 267 g/mol. The summed E-state index contributed by atoms with van der Waals surface area (Å²) in [5, 5.41) is 3.83. The van der Waals surface area contributed by atoms with E-state index < -0.39 is 0 Å². The van der Waals surface area contributed by atoms with Gasteiger partial charge >= 0.3 is 0 Å². The molecule has 0 aromatic rings. The van der Waals surface area contributed by atoms with Gasteiger partial charge in [-0.05, 0) is 62.3 Å². The van der Waals surface area contributed by atoms with Gasteiger partial charge in [0, 0.05) is 6.04 Å². The van der Waals surface area contributed by atoms with Crippen LogP contribution in [0, 0.1) is 23.7 Å². The van der Waals surface area contributed by atoms with Gasteiger partial charge in [-0.3, -0.25) is 0 Å². The summed E-state index contributed by atoms with van der Waals surface area (Å²) in [6.07, 6.45) is 9.76. The molecule has 3 atom stereocenters. The van der Waals surface area contributed by atoms with Crippen LogP contribution >= 0.6 is 0 Å². The third kappa shape index (κ3) is 5.45. The van der Waals surface area contributed by atoms with E-state index >= 15 is 0 Å². The lowest BCUT2D eigenvalue weighted by Crippen LogP contribution is -2.42. The van der Waals surface area contributed by atoms with Crippen LogP contribution in [0.3, 0.4) is 0 Å². The minimum atomic E-state index is 0.801. The Labute approximate surface area is 121 Å².